The van der Waals surface area contributed by atoms with E-state index < -0.39 is 0 Å². The SMILES string of the molecule is C/C=C\C1=C(/C=C\C)C(C)OC1=O. The first kappa shape index (κ1) is 9.78. The topological polar surface area (TPSA) is 26.3 Å². The molecular formula is C11H14O2. The summed E-state index contributed by atoms with van der Waals surface area (Å²) in [4.78, 5) is 11.3. The van der Waals surface area contributed by atoms with Gasteiger partial charge in [-0.05, 0) is 20.8 Å². The Morgan fingerprint density at radius 1 is 1.23 bits per heavy atom. The first-order valence-corrected chi connectivity index (χ1v) is 4.41. The predicted molar refractivity (Wildman–Crippen MR) is 52.2 cm³/mol. The molecule has 1 unspecified atom stereocenters. The molecule has 13 heavy (non-hydrogen) atoms. The summed E-state index contributed by atoms with van der Waals surface area (Å²) in [6.07, 6.45) is 7.36. The summed E-state index contributed by atoms with van der Waals surface area (Å²) < 4.78 is 5.08. The van der Waals surface area contributed by atoms with Crippen LogP contribution in [0, 0.1) is 0 Å². The molecule has 0 radical (unpaired) electrons. The highest BCUT2D eigenvalue weighted by Gasteiger charge is 2.27. The Morgan fingerprint density at radius 3 is 2.38 bits per heavy atom. The Balaban J connectivity index is 3.09. The van der Waals surface area contributed by atoms with Gasteiger partial charge >= 0.3 is 5.97 Å². The van der Waals surface area contributed by atoms with Crippen molar-refractivity contribution in [3.63, 3.8) is 0 Å². The number of rotatable bonds is 2. The van der Waals surface area contributed by atoms with Crippen LogP contribution in [0.4, 0.5) is 0 Å². The van der Waals surface area contributed by atoms with Gasteiger partial charge in [-0.15, -0.1) is 0 Å². The molecule has 0 aromatic carbocycles. The normalized spacial score (nSPS) is 23.6. The van der Waals surface area contributed by atoms with E-state index in [0.717, 1.165) is 5.57 Å². The van der Waals surface area contributed by atoms with Crippen molar-refractivity contribution in [2.24, 2.45) is 0 Å². The number of carbonyl (C=O) groups is 1. The highest BCUT2D eigenvalue weighted by molar-refractivity contribution is 5.95. The van der Waals surface area contributed by atoms with E-state index in [9.17, 15) is 4.79 Å². The van der Waals surface area contributed by atoms with Crippen molar-refractivity contribution in [1.82, 2.24) is 0 Å². The van der Waals surface area contributed by atoms with Gasteiger partial charge in [0.15, 0.2) is 0 Å². The minimum absolute atomic E-state index is 0.116. The van der Waals surface area contributed by atoms with Crippen molar-refractivity contribution in [3.8, 4) is 0 Å². The van der Waals surface area contributed by atoms with Crippen LogP contribution in [0.5, 0.6) is 0 Å². The van der Waals surface area contributed by atoms with Crippen molar-refractivity contribution in [2.45, 2.75) is 26.9 Å². The van der Waals surface area contributed by atoms with E-state index in [1.807, 2.05) is 39.0 Å². The molecule has 1 aliphatic rings. The molecule has 0 N–H and O–H groups in total. The maximum atomic E-state index is 11.3. The standard InChI is InChI=1S/C11H14O2/c1-4-6-9-8(3)13-11(12)10(9)7-5-2/h4-8H,1-3H3/b6-4-,7-5-. The molecule has 0 saturated heterocycles. The van der Waals surface area contributed by atoms with Gasteiger partial charge in [0.2, 0.25) is 0 Å². The second-order valence-electron chi connectivity index (χ2n) is 2.92. The summed E-state index contributed by atoms with van der Waals surface area (Å²) >= 11 is 0. The third-order valence-electron chi connectivity index (χ3n) is 1.93. The van der Waals surface area contributed by atoms with E-state index in [1.165, 1.54) is 0 Å². The number of hydrogen-bond donors (Lipinski definition) is 0. The average Bonchev–Trinajstić information content (AvgIpc) is 2.33. The van der Waals surface area contributed by atoms with E-state index in [-0.39, 0.29) is 12.1 Å². The van der Waals surface area contributed by atoms with Crippen LogP contribution in [0.2, 0.25) is 0 Å². The van der Waals surface area contributed by atoms with Crippen LogP contribution in [0.25, 0.3) is 0 Å². The van der Waals surface area contributed by atoms with Crippen LogP contribution in [-0.2, 0) is 9.53 Å². The van der Waals surface area contributed by atoms with Gasteiger partial charge in [-0.2, -0.15) is 0 Å². The first-order valence-electron chi connectivity index (χ1n) is 4.41. The summed E-state index contributed by atoms with van der Waals surface area (Å²) in [6, 6.07) is 0. The van der Waals surface area contributed by atoms with E-state index in [4.69, 9.17) is 4.74 Å². The molecular weight excluding hydrogens is 164 g/mol. The van der Waals surface area contributed by atoms with Crippen molar-refractivity contribution in [3.05, 3.63) is 35.5 Å². The Hall–Kier alpha value is -1.31. The van der Waals surface area contributed by atoms with Gasteiger partial charge in [0.05, 0.1) is 5.57 Å². The van der Waals surface area contributed by atoms with Crippen molar-refractivity contribution >= 4 is 5.97 Å². The molecule has 0 aliphatic carbocycles. The molecule has 0 saturated carbocycles. The molecule has 1 rings (SSSR count). The van der Waals surface area contributed by atoms with Gasteiger partial charge in [-0.1, -0.05) is 24.3 Å². The Morgan fingerprint density at radius 2 is 1.85 bits per heavy atom. The van der Waals surface area contributed by atoms with Gasteiger partial charge in [0, 0.05) is 5.57 Å². The number of ether oxygens (including phenoxy) is 1. The minimum Gasteiger partial charge on any atom is -0.454 e. The Kier molecular flexibility index (Phi) is 3.07. The van der Waals surface area contributed by atoms with E-state index in [2.05, 4.69) is 0 Å². The fourth-order valence-electron chi connectivity index (χ4n) is 1.36. The summed E-state index contributed by atoms with van der Waals surface area (Å²) in [5, 5.41) is 0. The fraction of sp³-hybridized carbons (Fsp3) is 0.364. The zero-order chi connectivity index (χ0) is 9.84. The third kappa shape index (κ3) is 1.89. The summed E-state index contributed by atoms with van der Waals surface area (Å²) in [5.41, 5.74) is 1.64. The number of allylic oxidation sites excluding steroid dienone is 2. The molecule has 2 heteroatoms. The highest BCUT2D eigenvalue weighted by atomic mass is 16.5. The molecule has 0 amide bonds. The molecule has 2 nitrogen and oxygen atoms in total. The number of esters is 1. The van der Waals surface area contributed by atoms with Crippen molar-refractivity contribution in [2.75, 3.05) is 0 Å². The number of carbonyl (C=O) groups excluding carboxylic acids is 1. The predicted octanol–water partition coefficient (Wildman–Crippen LogP) is 2.38. The fourth-order valence-corrected chi connectivity index (χ4v) is 1.36. The van der Waals surface area contributed by atoms with E-state index in [0.29, 0.717) is 5.57 Å². The monoisotopic (exact) mass is 178 g/mol. The summed E-state index contributed by atoms with van der Waals surface area (Å²) in [5.74, 6) is -0.223. The van der Waals surface area contributed by atoms with E-state index in [1.54, 1.807) is 6.08 Å². The van der Waals surface area contributed by atoms with Crippen LogP contribution < -0.4 is 0 Å². The third-order valence-corrected chi connectivity index (χ3v) is 1.93. The Bertz CT molecular complexity index is 295. The lowest BCUT2D eigenvalue weighted by molar-refractivity contribution is -0.138. The van der Waals surface area contributed by atoms with Gasteiger partial charge in [0.1, 0.15) is 6.10 Å². The molecule has 1 aliphatic heterocycles. The summed E-state index contributed by atoms with van der Waals surface area (Å²) in [7, 11) is 0. The molecule has 0 fully saturated rings. The van der Waals surface area contributed by atoms with Gasteiger partial charge in [-0.25, -0.2) is 4.79 Å². The maximum Gasteiger partial charge on any atom is 0.339 e. The zero-order valence-corrected chi connectivity index (χ0v) is 8.20. The quantitative estimate of drug-likeness (QED) is 0.607. The lowest BCUT2D eigenvalue weighted by Crippen LogP contribution is -2.04. The summed E-state index contributed by atoms with van der Waals surface area (Å²) in [6.45, 7) is 5.69. The largest absolute Gasteiger partial charge is 0.454 e. The zero-order valence-electron chi connectivity index (χ0n) is 8.20. The van der Waals surface area contributed by atoms with Crippen molar-refractivity contribution < 1.29 is 9.53 Å². The van der Waals surface area contributed by atoms with Crippen LogP contribution in [0.15, 0.2) is 35.5 Å². The van der Waals surface area contributed by atoms with Crippen LogP contribution in [0.1, 0.15) is 20.8 Å². The molecule has 70 valence electrons. The maximum absolute atomic E-state index is 11.3. The highest BCUT2D eigenvalue weighted by Crippen LogP contribution is 2.24. The minimum atomic E-state index is -0.223. The average molecular weight is 178 g/mol. The van der Waals surface area contributed by atoms with Crippen LogP contribution in [0.3, 0.4) is 0 Å². The number of hydrogen-bond acceptors (Lipinski definition) is 2. The second-order valence-corrected chi connectivity index (χ2v) is 2.92. The molecule has 1 heterocycles. The Labute approximate surface area is 78.6 Å². The lowest BCUT2D eigenvalue weighted by Gasteiger charge is -2.02. The first-order chi connectivity index (χ1) is 6.20. The second kappa shape index (κ2) is 4.08. The molecule has 0 bridgehead atoms. The number of cyclic esters (lactones) is 1. The lowest BCUT2D eigenvalue weighted by atomic mass is 10.1. The van der Waals surface area contributed by atoms with Crippen molar-refractivity contribution in [1.29, 1.82) is 0 Å². The van der Waals surface area contributed by atoms with Crippen LogP contribution >= 0.6 is 0 Å². The molecule has 0 aromatic heterocycles. The van der Waals surface area contributed by atoms with Crippen LogP contribution in [-0.4, -0.2) is 12.1 Å². The molecule has 0 aromatic rings. The van der Waals surface area contributed by atoms with E-state index >= 15 is 0 Å². The van der Waals surface area contributed by atoms with Gasteiger partial charge in [-0.3, -0.25) is 0 Å². The molecule has 1 atom stereocenters. The van der Waals surface area contributed by atoms with Gasteiger partial charge < -0.3 is 4.74 Å². The van der Waals surface area contributed by atoms with Gasteiger partial charge in [0.25, 0.3) is 0 Å². The molecule has 0 spiro atoms. The smallest absolute Gasteiger partial charge is 0.339 e.